The fourth-order valence-corrected chi connectivity index (χ4v) is 13.4. The van der Waals surface area contributed by atoms with E-state index in [9.17, 15) is 0 Å². The largest absolute Gasteiger partial charge is 0.381 e. The van der Waals surface area contributed by atoms with E-state index in [1.54, 1.807) is 0 Å². The Labute approximate surface area is 561 Å². The summed E-state index contributed by atoms with van der Waals surface area (Å²) in [5.41, 5.74) is 0. The highest BCUT2D eigenvalue weighted by Crippen LogP contribution is 2.28. The number of rotatable bonds is 75. The van der Waals surface area contributed by atoms with Crippen molar-refractivity contribution in [2.45, 2.75) is 494 Å². The number of hydrogen-bond acceptors (Lipinski definition) is 3. The van der Waals surface area contributed by atoms with Gasteiger partial charge in [0.15, 0.2) is 6.29 Å². The normalized spacial score (nSPS) is 13.7. The van der Waals surface area contributed by atoms with Crippen molar-refractivity contribution in [3.8, 4) is 0 Å². The second-order valence-corrected chi connectivity index (χ2v) is 29.5. The molecule has 0 aliphatic heterocycles. The lowest BCUT2D eigenvalue weighted by Crippen LogP contribution is -2.30. The molecule has 0 heterocycles. The van der Waals surface area contributed by atoms with Gasteiger partial charge in [-0.05, 0) is 68.6 Å². The topological polar surface area (TPSA) is 27.7 Å². The van der Waals surface area contributed by atoms with Crippen molar-refractivity contribution >= 4 is 0 Å². The predicted octanol–water partition coefficient (Wildman–Crippen LogP) is 31.2. The van der Waals surface area contributed by atoms with Gasteiger partial charge in [-0.1, -0.05) is 443 Å². The SMILES string of the molecule is C.CCCCCCCCCCCCC(CCCCCCCCCC)COC(OCC(CCCCCCCCCC)CCCCCCCCCCCC)C(C)CCCC.CCCCCCCCCCCCC(CCCCCCCCCC)COCC(C)CC. The molecule has 534 valence electrons. The second-order valence-electron chi connectivity index (χ2n) is 29.5. The molecule has 0 saturated carbocycles. The van der Waals surface area contributed by atoms with E-state index >= 15 is 0 Å². The van der Waals surface area contributed by atoms with E-state index < -0.39 is 0 Å². The number of unbranched alkanes of at least 4 members (excludes halogenated alkanes) is 49. The zero-order valence-electron chi connectivity index (χ0n) is 62.8. The van der Waals surface area contributed by atoms with Crippen LogP contribution in [0.2, 0.25) is 0 Å². The molecule has 5 atom stereocenters. The highest BCUT2D eigenvalue weighted by molar-refractivity contribution is 4.68. The van der Waals surface area contributed by atoms with Crippen LogP contribution in [0.15, 0.2) is 0 Å². The lowest BCUT2D eigenvalue weighted by atomic mass is 9.94. The minimum atomic E-state index is -0.0286. The van der Waals surface area contributed by atoms with Crippen molar-refractivity contribution in [2.24, 2.45) is 29.6 Å². The summed E-state index contributed by atoms with van der Waals surface area (Å²) in [6, 6.07) is 0. The van der Waals surface area contributed by atoms with Crippen molar-refractivity contribution in [1.82, 2.24) is 0 Å². The summed E-state index contributed by atoms with van der Waals surface area (Å²) in [5.74, 6) is 3.40. The lowest BCUT2D eigenvalue weighted by Gasteiger charge is -2.29. The minimum absolute atomic E-state index is 0. The molecule has 0 fully saturated rings. The molecule has 0 N–H and O–H groups in total. The van der Waals surface area contributed by atoms with Gasteiger partial charge >= 0.3 is 0 Å². The third kappa shape index (κ3) is 73.3. The molecule has 5 unspecified atom stereocenters. The van der Waals surface area contributed by atoms with Crippen molar-refractivity contribution < 1.29 is 14.2 Å². The Morgan fingerprint density at radius 3 is 0.602 bits per heavy atom. The highest BCUT2D eigenvalue weighted by atomic mass is 16.7. The van der Waals surface area contributed by atoms with Gasteiger partial charge in [0, 0.05) is 19.1 Å². The Balaban J connectivity index is -0.00000196. The molecule has 3 heteroatoms. The minimum Gasteiger partial charge on any atom is -0.381 e. The maximum atomic E-state index is 6.95. The maximum absolute atomic E-state index is 6.95. The van der Waals surface area contributed by atoms with Crippen molar-refractivity contribution in [3.05, 3.63) is 0 Å². The third-order valence-electron chi connectivity index (χ3n) is 20.2. The molecule has 0 aliphatic rings. The van der Waals surface area contributed by atoms with Crippen LogP contribution in [0.5, 0.6) is 0 Å². The first kappa shape index (κ1) is 92.1. The molecule has 0 aromatic heterocycles. The van der Waals surface area contributed by atoms with Gasteiger partial charge in [-0.3, -0.25) is 0 Å². The van der Waals surface area contributed by atoms with Gasteiger partial charge in [-0.25, -0.2) is 0 Å². The molecule has 0 spiro atoms. The molecular weight excluding hydrogens is 1070 g/mol. The van der Waals surface area contributed by atoms with Gasteiger partial charge < -0.3 is 14.2 Å². The van der Waals surface area contributed by atoms with E-state index in [1.807, 2.05) is 0 Å². The molecule has 3 nitrogen and oxygen atoms in total. The van der Waals surface area contributed by atoms with E-state index in [4.69, 9.17) is 14.2 Å². The molecule has 0 aromatic rings. The van der Waals surface area contributed by atoms with E-state index in [0.29, 0.717) is 23.7 Å². The first-order chi connectivity index (χ1) is 42.9. The molecule has 0 aromatic carbocycles. The Hall–Kier alpha value is -0.120. The molecule has 0 rings (SSSR count). The fraction of sp³-hybridized carbons (Fsp3) is 1.00. The molecule has 0 aliphatic carbocycles. The van der Waals surface area contributed by atoms with Gasteiger partial charge in [0.25, 0.3) is 0 Å². The van der Waals surface area contributed by atoms with Gasteiger partial charge in [0.2, 0.25) is 0 Å². The van der Waals surface area contributed by atoms with Crippen LogP contribution in [0.25, 0.3) is 0 Å². The van der Waals surface area contributed by atoms with Crippen molar-refractivity contribution in [3.63, 3.8) is 0 Å². The molecule has 88 heavy (non-hydrogen) atoms. The van der Waals surface area contributed by atoms with E-state index in [0.717, 1.165) is 32.3 Å². The fourth-order valence-electron chi connectivity index (χ4n) is 13.4. The van der Waals surface area contributed by atoms with E-state index in [2.05, 4.69) is 69.2 Å². The zero-order chi connectivity index (χ0) is 63.7. The van der Waals surface area contributed by atoms with Gasteiger partial charge in [-0.2, -0.15) is 0 Å². The predicted molar refractivity (Wildman–Crippen MR) is 403 cm³/mol. The molecular formula is C85H176O3. The lowest BCUT2D eigenvalue weighted by molar-refractivity contribution is -0.185. The summed E-state index contributed by atoms with van der Waals surface area (Å²) >= 11 is 0. The zero-order valence-corrected chi connectivity index (χ0v) is 62.8. The summed E-state index contributed by atoms with van der Waals surface area (Å²) in [5, 5.41) is 0. The Kier molecular flexibility index (Phi) is 84.9. The summed E-state index contributed by atoms with van der Waals surface area (Å²) in [6.45, 7) is 27.0. The van der Waals surface area contributed by atoms with Crippen LogP contribution in [0.1, 0.15) is 488 Å². The van der Waals surface area contributed by atoms with Crippen LogP contribution in [-0.2, 0) is 14.2 Å². The average molecular weight is 1250 g/mol. The molecule has 0 bridgehead atoms. The van der Waals surface area contributed by atoms with E-state index in [-0.39, 0.29) is 13.7 Å². The summed E-state index contributed by atoms with van der Waals surface area (Å²) in [7, 11) is 0. The molecule has 0 amide bonds. The van der Waals surface area contributed by atoms with Gasteiger partial charge in [0.05, 0.1) is 13.2 Å². The Morgan fingerprint density at radius 1 is 0.205 bits per heavy atom. The second kappa shape index (κ2) is 81.1. The van der Waals surface area contributed by atoms with Crippen LogP contribution >= 0.6 is 0 Å². The Bertz CT molecular complexity index is 1120. The monoisotopic (exact) mass is 1250 g/mol. The quantitative estimate of drug-likeness (QED) is 0.0449. The summed E-state index contributed by atoms with van der Waals surface area (Å²) in [4.78, 5) is 0. The third-order valence-corrected chi connectivity index (χ3v) is 20.2. The van der Waals surface area contributed by atoms with Gasteiger partial charge in [-0.15, -0.1) is 0 Å². The first-order valence-corrected chi connectivity index (χ1v) is 41.7. The van der Waals surface area contributed by atoms with Crippen LogP contribution in [0, 0.1) is 29.6 Å². The first-order valence-electron chi connectivity index (χ1n) is 41.7. The highest BCUT2D eigenvalue weighted by Gasteiger charge is 2.23. The number of hydrogen-bond donors (Lipinski definition) is 0. The maximum Gasteiger partial charge on any atom is 0.160 e. The average Bonchev–Trinajstić information content (AvgIpc) is 3.57. The molecule has 0 radical (unpaired) electrons. The summed E-state index contributed by atoms with van der Waals surface area (Å²) in [6.07, 6.45) is 90.0. The smallest absolute Gasteiger partial charge is 0.160 e. The van der Waals surface area contributed by atoms with Crippen LogP contribution in [0.4, 0.5) is 0 Å². The van der Waals surface area contributed by atoms with Crippen molar-refractivity contribution in [2.75, 3.05) is 26.4 Å². The van der Waals surface area contributed by atoms with Crippen LogP contribution in [-0.4, -0.2) is 32.7 Å². The van der Waals surface area contributed by atoms with Crippen LogP contribution < -0.4 is 0 Å². The summed E-state index contributed by atoms with van der Waals surface area (Å²) < 4.78 is 20.0. The van der Waals surface area contributed by atoms with Crippen molar-refractivity contribution in [1.29, 1.82) is 0 Å². The Morgan fingerprint density at radius 2 is 0.398 bits per heavy atom. The van der Waals surface area contributed by atoms with E-state index in [1.165, 1.54) is 411 Å². The standard InChI is InChI=1S/C55H112O2.C29H60O.CH4/c1-7-12-17-21-25-29-31-35-39-43-48-53(46-41-37-33-27-23-19-14-9-3)50-56-55(52(6)45-16-11-5)57-51-54(47-42-38-34-28-24-20-15-10-4)49-44-40-36-32-30-26-22-18-13-8-2;1-5-8-10-12-14-16-17-19-21-23-25-29(27-30-26-28(4)7-3)24-22-20-18-15-13-11-9-6-2;/h52-55H,7-51H2,1-6H3;28-29H,5-27H2,1-4H3;1H4. The molecule has 0 saturated heterocycles. The van der Waals surface area contributed by atoms with Crippen LogP contribution in [0.3, 0.4) is 0 Å². The van der Waals surface area contributed by atoms with Gasteiger partial charge in [0.1, 0.15) is 0 Å². The number of ether oxygens (including phenoxy) is 3.